The van der Waals surface area contributed by atoms with E-state index in [9.17, 15) is 4.79 Å². The van der Waals surface area contributed by atoms with Crippen LogP contribution < -0.4 is 5.32 Å². The molecule has 1 aliphatic heterocycles. The third-order valence-corrected chi connectivity index (χ3v) is 4.12. The van der Waals surface area contributed by atoms with Crippen LogP contribution in [0.3, 0.4) is 0 Å². The van der Waals surface area contributed by atoms with Gasteiger partial charge in [0.25, 0.3) is 0 Å². The molecule has 19 heavy (non-hydrogen) atoms. The van der Waals surface area contributed by atoms with E-state index in [2.05, 4.69) is 37.4 Å². The molecule has 0 aliphatic carbocycles. The first-order chi connectivity index (χ1) is 9.15. The highest BCUT2D eigenvalue weighted by Crippen LogP contribution is 2.18. The molecule has 104 valence electrons. The number of nitrogens with one attached hydrogen (secondary N) is 1. The number of rotatable bonds is 5. The SMILES string of the molecule is Cc1ccc(C)c(CC(=O)CCC2CCCNC2)c1. The van der Waals surface area contributed by atoms with E-state index < -0.39 is 0 Å². The second-order valence-electron chi connectivity index (χ2n) is 5.90. The summed E-state index contributed by atoms with van der Waals surface area (Å²) >= 11 is 0. The van der Waals surface area contributed by atoms with Crippen LogP contribution in [0.25, 0.3) is 0 Å². The zero-order valence-corrected chi connectivity index (χ0v) is 12.2. The maximum atomic E-state index is 12.1. The smallest absolute Gasteiger partial charge is 0.137 e. The van der Waals surface area contributed by atoms with Gasteiger partial charge in [0.1, 0.15) is 5.78 Å². The molecule has 2 rings (SSSR count). The second kappa shape index (κ2) is 6.85. The minimum absolute atomic E-state index is 0.388. The highest BCUT2D eigenvalue weighted by Gasteiger charge is 2.15. The molecule has 0 spiro atoms. The van der Waals surface area contributed by atoms with E-state index in [0.717, 1.165) is 25.9 Å². The van der Waals surface area contributed by atoms with Gasteiger partial charge in [0.15, 0.2) is 0 Å². The molecule has 2 nitrogen and oxygen atoms in total. The fourth-order valence-electron chi connectivity index (χ4n) is 2.83. The zero-order chi connectivity index (χ0) is 13.7. The van der Waals surface area contributed by atoms with Crippen LogP contribution in [0.2, 0.25) is 0 Å². The topological polar surface area (TPSA) is 29.1 Å². The predicted molar refractivity (Wildman–Crippen MR) is 79.5 cm³/mol. The minimum Gasteiger partial charge on any atom is -0.316 e. The average molecular weight is 259 g/mol. The fraction of sp³-hybridized carbons (Fsp3) is 0.588. The second-order valence-corrected chi connectivity index (χ2v) is 5.90. The van der Waals surface area contributed by atoms with Crippen molar-refractivity contribution in [3.05, 3.63) is 34.9 Å². The Bertz CT molecular complexity index is 433. The Morgan fingerprint density at radius 2 is 2.21 bits per heavy atom. The first-order valence-corrected chi connectivity index (χ1v) is 7.43. The van der Waals surface area contributed by atoms with Crippen LogP contribution >= 0.6 is 0 Å². The molecule has 1 aromatic rings. The van der Waals surface area contributed by atoms with Gasteiger partial charge in [0.05, 0.1) is 0 Å². The number of Topliss-reactive ketones (excluding diaryl/α,β-unsaturated/α-hetero) is 1. The molecule has 0 bridgehead atoms. The molecule has 1 fully saturated rings. The Balaban J connectivity index is 1.81. The van der Waals surface area contributed by atoms with Gasteiger partial charge in [0.2, 0.25) is 0 Å². The summed E-state index contributed by atoms with van der Waals surface area (Å²) in [6.07, 6.45) is 4.93. The van der Waals surface area contributed by atoms with Gasteiger partial charge in [-0.25, -0.2) is 0 Å². The largest absolute Gasteiger partial charge is 0.316 e. The van der Waals surface area contributed by atoms with Crippen LogP contribution in [0, 0.1) is 19.8 Å². The van der Waals surface area contributed by atoms with Crippen molar-refractivity contribution in [2.75, 3.05) is 13.1 Å². The molecular weight excluding hydrogens is 234 g/mol. The predicted octanol–water partition coefficient (Wildman–Crippen LogP) is 3.19. The van der Waals surface area contributed by atoms with E-state index in [1.165, 1.54) is 29.5 Å². The van der Waals surface area contributed by atoms with Gasteiger partial charge < -0.3 is 5.32 Å². The van der Waals surface area contributed by atoms with Crippen LogP contribution in [0.1, 0.15) is 42.4 Å². The summed E-state index contributed by atoms with van der Waals surface area (Å²) in [4.78, 5) is 12.1. The van der Waals surface area contributed by atoms with Crippen LogP contribution in [-0.4, -0.2) is 18.9 Å². The Kier molecular flexibility index (Phi) is 5.15. The number of hydrogen-bond acceptors (Lipinski definition) is 2. The van der Waals surface area contributed by atoms with Gasteiger partial charge in [-0.05, 0) is 63.2 Å². The Morgan fingerprint density at radius 3 is 2.95 bits per heavy atom. The summed E-state index contributed by atoms with van der Waals surface area (Å²) in [6, 6.07) is 6.37. The number of carbonyl (C=O) groups excluding carboxylic acids is 1. The van der Waals surface area contributed by atoms with Gasteiger partial charge in [-0.3, -0.25) is 4.79 Å². The summed E-state index contributed by atoms with van der Waals surface area (Å²) < 4.78 is 0. The molecule has 0 aromatic heterocycles. The standard InChI is InChI=1S/C17H25NO/c1-13-5-6-14(2)16(10-13)11-17(19)8-7-15-4-3-9-18-12-15/h5-6,10,15,18H,3-4,7-9,11-12H2,1-2H3. The number of carbonyl (C=O) groups is 1. The van der Waals surface area contributed by atoms with E-state index in [1.807, 2.05) is 0 Å². The lowest BCUT2D eigenvalue weighted by molar-refractivity contribution is -0.118. The quantitative estimate of drug-likeness (QED) is 0.880. The summed E-state index contributed by atoms with van der Waals surface area (Å²) in [6.45, 7) is 6.41. The fourth-order valence-corrected chi connectivity index (χ4v) is 2.83. The molecule has 1 aromatic carbocycles. The number of piperidine rings is 1. The molecule has 0 radical (unpaired) electrons. The first kappa shape index (κ1) is 14.3. The summed E-state index contributed by atoms with van der Waals surface area (Å²) in [5, 5.41) is 3.41. The van der Waals surface area contributed by atoms with E-state index in [1.54, 1.807) is 0 Å². The number of ketones is 1. The monoisotopic (exact) mass is 259 g/mol. The maximum absolute atomic E-state index is 12.1. The number of benzene rings is 1. The maximum Gasteiger partial charge on any atom is 0.137 e. The highest BCUT2D eigenvalue weighted by atomic mass is 16.1. The van der Waals surface area contributed by atoms with E-state index in [-0.39, 0.29) is 0 Å². The van der Waals surface area contributed by atoms with E-state index in [0.29, 0.717) is 18.1 Å². The molecule has 0 amide bonds. The van der Waals surface area contributed by atoms with Crippen LogP contribution in [0.15, 0.2) is 18.2 Å². The Hall–Kier alpha value is -1.15. The molecule has 1 N–H and O–H groups in total. The van der Waals surface area contributed by atoms with Crippen molar-refractivity contribution < 1.29 is 4.79 Å². The molecule has 1 unspecified atom stereocenters. The average Bonchev–Trinajstić information content (AvgIpc) is 2.42. The Labute approximate surface area is 116 Å². The minimum atomic E-state index is 0.388. The Morgan fingerprint density at radius 1 is 1.37 bits per heavy atom. The van der Waals surface area contributed by atoms with Gasteiger partial charge in [-0.2, -0.15) is 0 Å². The lowest BCUT2D eigenvalue weighted by atomic mass is 9.92. The summed E-state index contributed by atoms with van der Waals surface area (Å²) in [5.41, 5.74) is 3.68. The normalized spacial score (nSPS) is 19.4. The van der Waals surface area contributed by atoms with Gasteiger partial charge >= 0.3 is 0 Å². The van der Waals surface area contributed by atoms with Gasteiger partial charge in [0, 0.05) is 12.8 Å². The summed E-state index contributed by atoms with van der Waals surface area (Å²) in [7, 11) is 0. The van der Waals surface area contributed by atoms with Crippen molar-refractivity contribution in [3.8, 4) is 0 Å². The third kappa shape index (κ3) is 4.46. The van der Waals surface area contributed by atoms with Crippen molar-refractivity contribution in [2.24, 2.45) is 5.92 Å². The number of hydrogen-bond donors (Lipinski definition) is 1. The first-order valence-electron chi connectivity index (χ1n) is 7.43. The molecule has 0 saturated carbocycles. The van der Waals surface area contributed by atoms with Gasteiger partial charge in [-0.15, -0.1) is 0 Å². The van der Waals surface area contributed by atoms with Crippen molar-refractivity contribution in [3.63, 3.8) is 0 Å². The van der Waals surface area contributed by atoms with Crippen molar-refractivity contribution >= 4 is 5.78 Å². The molecule has 1 heterocycles. The van der Waals surface area contributed by atoms with Crippen LogP contribution in [0.5, 0.6) is 0 Å². The number of aryl methyl sites for hydroxylation is 2. The molecule has 2 heteroatoms. The zero-order valence-electron chi connectivity index (χ0n) is 12.2. The molecular formula is C17H25NO. The van der Waals surface area contributed by atoms with Gasteiger partial charge in [-0.1, -0.05) is 23.8 Å². The van der Waals surface area contributed by atoms with Crippen LogP contribution in [-0.2, 0) is 11.2 Å². The lowest BCUT2D eigenvalue weighted by Gasteiger charge is -2.22. The van der Waals surface area contributed by atoms with Crippen LogP contribution in [0.4, 0.5) is 0 Å². The molecule has 1 saturated heterocycles. The van der Waals surface area contributed by atoms with Crippen molar-refractivity contribution in [2.45, 2.75) is 46.0 Å². The third-order valence-electron chi connectivity index (χ3n) is 4.12. The van der Waals surface area contributed by atoms with Crippen molar-refractivity contribution in [1.29, 1.82) is 0 Å². The molecule has 1 atom stereocenters. The lowest BCUT2D eigenvalue weighted by Crippen LogP contribution is -2.30. The highest BCUT2D eigenvalue weighted by molar-refractivity contribution is 5.81. The van der Waals surface area contributed by atoms with E-state index in [4.69, 9.17) is 0 Å². The van der Waals surface area contributed by atoms with Crippen molar-refractivity contribution in [1.82, 2.24) is 5.32 Å². The molecule has 1 aliphatic rings. The van der Waals surface area contributed by atoms with E-state index >= 15 is 0 Å². The summed E-state index contributed by atoms with van der Waals surface area (Å²) in [5.74, 6) is 1.09.